The fourth-order valence-electron chi connectivity index (χ4n) is 10.4. The lowest BCUT2D eigenvalue weighted by Gasteiger charge is -2.44. The molecule has 55 heavy (non-hydrogen) atoms. The highest BCUT2D eigenvalue weighted by molar-refractivity contribution is 5.99. The molecule has 0 aromatic rings. The average molecular weight is 841 g/mol. The number of methoxy groups -OCH3 is 3. The van der Waals surface area contributed by atoms with Gasteiger partial charge in [0.1, 0.15) is 30.5 Å². The quantitative estimate of drug-likeness (QED) is 0.147. The standard InChI is InChI=1S/C43H70NO10.BrH/c1-10-29-16-14-17-36(54-37(45)18-15-21-44(11-2,12-3)13-4)26(5)39(47)35-24-33-31(34(35)25-38(46)52-29)20-19-28-22-30(23-32(28)33)53-43-42(50-9)41(49-8)40(48-7)27(6)51-43;/h19-20,24,26-34,36,40-43H,10-18,21-23,25H2,1-9H3;1H/q+1;/p-1/t26-,27+,28-,29+,30-,31-,32-,33-,34+,36+,40+,41-,42-,43+;/m1./s1. The van der Waals surface area contributed by atoms with Crippen LogP contribution in [0.25, 0.3) is 0 Å². The number of fused-ring (bicyclic) bond motifs is 5. The molecular formula is C43H70BrNO10. The lowest BCUT2D eigenvalue weighted by atomic mass is 9.70. The van der Waals surface area contributed by atoms with Crippen LogP contribution in [0.15, 0.2) is 23.8 Å². The summed E-state index contributed by atoms with van der Waals surface area (Å²) in [6.07, 6.45) is 9.44. The van der Waals surface area contributed by atoms with E-state index in [-0.39, 0.29) is 101 Å². The fraction of sp³-hybridized carbons (Fsp3) is 0.837. The van der Waals surface area contributed by atoms with Gasteiger partial charge >= 0.3 is 11.9 Å². The van der Waals surface area contributed by atoms with E-state index in [0.29, 0.717) is 37.7 Å². The maximum absolute atomic E-state index is 14.6. The van der Waals surface area contributed by atoms with Gasteiger partial charge in [0, 0.05) is 33.7 Å². The molecule has 11 nitrogen and oxygen atoms in total. The first kappa shape index (κ1) is 46.0. The van der Waals surface area contributed by atoms with Gasteiger partial charge in [-0.2, -0.15) is 0 Å². The van der Waals surface area contributed by atoms with Crippen LogP contribution in [-0.2, 0) is 47.5 Å². The molecule has 5 aliphatic rings. The van der Waals surface area contributed by atoms with Gasteiger partial charge in [0.05, 0.1) is 57.1 Å². The number of ether oxygens (including phenoxy) is 7. The van der Waals surface area contributed by atoms with Gasteiger partial charge < -0.3 is 54.6 Å². The summed E-state index contributed by atoms with van der Waals surface area (Å²) in [5, 5.41) is 0. The summed E-state index contributed by atoms with van der Waals surface area (Å²) in [4.78, 5) is 41.4. The highest BCUT2D eigenvalue weighted by Crippen LogP contribution is 2.54. The summed E-state index contributed by atoms with van der Waals surface area (Å²) in [6.45, 7) is 16.6. The van der Waals surface area contributed by atoms with E-state index in [2.05, 4.69) is 39.0 Å². The molecule has 14 atom stereocenters. The number of ketones is 1. The van der Waals surface area contributed by atoms with Gasteiger partial charge in [-0.3, -0.25) is 14.4 Å². The van der Waals surface area contributed by atoms with Crippen LogP contribution in [0.4, 0.5) is 0 Å². The minimum atomic E-state index is -0.613. The van der Waals surface area contributed by atoms with Crippen LogP contribution in [-0.4, -0.2) is 119 Å². The second kappa shape index (κ2) is 20.8. The van der Waals surface area contributed by atoms with Gasteiger partial charge in [-0.25, -0.2) is 0 Å². The van der Waals surface area contributed by atoms with Crippen molar-refractivity contribution in [3.05, 3.63) is 23.8 Å². The van der Waals surface area contributed by atoms with E-state index >= 15 is 0 Å². The van der Waals surface area contributed by atoms with Crippen molar-refractivity contribution in [3.8, 4) is 0 Å². The Bertz CT molecular complexity index is 1330. The molecular weight excluding hydrogens is 770 g/mol. The molecule has 12 heteroatoms. The van der Waals surface area contributed by atoms with Crippen LogP contribution in [0.5, 0.6) is 0 Å². The smallest absolute Gasteiger partial charge is 0.306 e. The Kier molecular flexibility index (Phi) is 17.4. The number of halogens is 1. The predicted octanol–water partition coefficient (Wildman–Crippen LogP) is 3.22. The van der Waals surface area contributed by atoms with E-state index in [4.69, 9.17) is 33.2 Å². The third-order valence-corrected chi connectivity index (χ3v) is 14.0. The lowest BCUT2D eigenvalue weighted by molar-refractivity contribution is -0.923. The summed E-state index contributed by atoms with van der Waals surface area (Å²) in [6, 6.07) is 0. The molecule has 2 heterocycles. The van der Waals surface area contributed by atoms with Crippen molar-refractivity contribution in [1.82, 2.24) is 0 Å². The number of hydrogen-bond donors (Lipinski definition) is 0. The Morgan fingerprint density at radius 3 is 2.22 bits per heavy atom. The first-order valence-corrected chi connectivity index (χ1v) is 21.0. The van der Waals surface area contributed by atoms with Crippen molar-refractivity contribution < 1.29 is 69.0 Å². The van der Waals surface area contributed by atoms with Crippen LogP contribution in [0.2, 0.25) is 0 Å². The van der Waals surface area contributed by atoms with Crippen molar-refractivity contribution in [2.45, 2.75) is 148 Å². The van der Waals surface area contributed by atoms with Gasteiger partial charge in [0.2, 0.25) is 0 Å². The highest BCUT2D eigenvalue weighted by atomic mass is 79.9. The van der Waals surface area contributed by atoms with Gasteiger partial charge in [-0.15, -0.1) is 0 Å². The second-order valence-corrected chi connectivity index (χ2v) is 16.6. The summed E-state index contributed by atoms with van der Waals surface area (Å²) in [5.41, 5.74) is 0.687. The zero-order chi connectivity index (χ0) is 39.2. The molecule has 0 bridgehead atoms. The first-order chi connectivity index (χ1) is 26.0. The van der Waals surface area contributed by atoms with Crippen LogP contribution in [0, 0.1) is 35.5 Å². The van der Waals surface area contributed by atoms with Gasteiger partial charge in [0.15, 0.2) is 12.1 Å². The maximum atomic E-state index is 14.6. The molecule has 1 saturated carbocycles. The largest absolute Gasteiger partial charge is 1.00 e. The van der Waals surface area contributed by atoms with Gasteiger partial charge in [0.25, 0.3) is 0 Å². The van der Waals surface area contributed by atoms with Crippen LogP contribution < -0.4 is 17.0 Å². The molecule has 2 saturated heterocycles. The number of carbonyl (C=O) groups excluding carboxylic acids is 3. The van der Waals surface area contributed by atoms with Crippen molar-refractivity contribution >= 4 is 17.7 Å². The second-order valence-electron chi connectivity index (χ2n) is 16.6. The number of rotatable bonds is 14. The van der Waals surface area contributed by atoms with Crippen LogP contribution >= 0.6 is 0 Å². The minimum absolute atomic E-state index is 0. The number of quaternary nitrogens is 1. The van der Waals surface area contributed by atoms with Crippen molar-refractivity contribution in [2.75, 3.05) is 47.5 Å². The van der Waals surface area contributed by atoms with E-state index in [1.54, 1.807) is 21.3 Å². The molecule has 3 aliphatic carbocycles. The Balaban J connectivity index is 0.00000673. The van der Waals surface area contributed by atoms with E-state index in [0.717, 1.165) is 49.9 Å². The fourth-order valence-corrected chi connectivity index (χ4v) is 10.4. The maximum Gasteiger partial charge on any atom is 0.306 e. The molecule has 3 fully saturated rings. The summed E-state index contributed by atoms with van der Waals surface area (Å²) < 4.78 is 43.5. The van der Waals surface area contributed by atoms with E-state index in [9.17, 15) is 14.4 Å². The molecule has 5 rings (SSSR count). The minimum Gasteiger partial charge on any atom is -1.00 e. The SMILES string of the molecule is CC[C@H]1CCC[C@H](OC(=O)CCC[N+](CC)(CC)CC)[C@@H](C)C(=O)C2=C[C@@H]3[C@@H](C=C[C@@H]4C[C@@H](O[C@@H]5O[C@@H](C)[C@H](OC)[C@@H](OC)[C@H]5OC)C[C@@H]34)[C@@H]2CC(=O)O1.[Br-]. The molecule has 0 radical (unpaired) electrons. The van der Waals surface area contributed by atoms with Crippen LogP contribution in [0.3, 0.4) is 0 Å². The van der Waals surface area contributed by atoms with Gasteiger partial charge in [-0.05, 0) is 95.5 Å². The molecule has 0 N–H and O–H groups in total. The van der Waals surface area contributed by atoms with Crippen molar-refractivity contribution in [3.63, 3.8) is 0 Å². The Labute approximate surface area is 340 Å². The lowest BCUT2D eigenvalue weighted by Crippen LogP contribution is -3.00. The first-order valence-electron chi connectivity index (χ1n) is 21.0. The third kappa shape index (κ3) is 10.3. The van der Waals surface area contributed by atoms with Crippen molar-refractivity contribution in [1.29, 1.82) is 0 Å². The molecule has 0 spiro atoms. The predicted molar refractivity (Wildman–Crippen MR) is 204 cm³/mol. The number of esters is 2. The average Bonchev–Trinajstić information content (AvgIpc) is 3.75. The molecule has 2 aliphatic heterocycles. The van der Waals surface area contributed by atoms with E-state index < -0.39 is 24.4 Å². The zero-order valence-corrected chi connectivity index (χ0v) is 36.5. The number of cyclic esters (lactones) is 1. The Morgan fingerprint density at radius 1 is 0.891 bits per heavy atom. The molecule has 0 amide bonds. The number of nitrogens with zero attached hydrogens (tertiary/aromatic N) is 1. The van der Waals surface area contributed by atoms with E-state index in [1.165, 1.54) is 0 Å². The summed E-state index contributed by atoms with van der Waals surface area (Å²) in [7, 11) is 4.94. The molecule has 0 unspecified atom stereocenters. The summed E-state index contributed by atoms with van der Waals surface area (Å²) in [5.74, 6) is -0.727. The normalized spacial score (nSPS) is 38.0. The number of hydrogen-bond acceptors (Lipinski definition) is 10. The molecule has 314 valence electrons. The monoisotopic (exact) mass is 839 g/mol. The van der Waals surface area contributed by atoms with Crippen LogP contribution in [0.1, 0.15) is 99.3 Å². The number of allylic oxidation sites excluding steroid dienone is 4. The Morgan fingerprint density at radius 2 is 1.58 bits per heavy atom. The van der Waals surface area contributed by atoms with Gasteiger partial charge in [-0.1, -0.05) is 32.1 Å². The van der Waals surface area contributed by atoms with E-state index in [1.807, 2.05) is 20.8 Å². The van der Waals surface area contributed by atoms with Crippen molar-refractivity contribution in [2.24, 2.45) is 35.5 Å². The third-order valence-electron chi connectivity index (χ3n) is 14.0. The number of carbonyl (C=O) groups is 3. The Hall–Kier alpha value is -1.67. The molecule has 0 aromatic heterocycles. The zero-order valence-electron chi connectivity index (χ0n) is 34.9. The molecule has 0 aromatic carbocycles. The number of Topliss-reactive ketones (excluding diaryl/α,β-unsaturated/α-hetero) is 1. The highest BCUT2D eigenvalue weighted by Gasteiger charge is 2.52. The summed E-state index contributed by atoms with van der Waals surface area (Å²) >= 11 is 0. The topological polar surface area (TPSA) is 116 Å².